The fourth-order valence-corrected chi connectivity index (χ4v) is 3.01. The number of carbonyl (C=O) groups is 1. The van der Waals surface area contributed by atoms with Crippen molar-refractivity contribution in [1.29, 1.82) is 0 Å². The van der Waals surface area contributed by atoms with Gasteiger partial charge in [-0.2, -0.15) is 0 Å². The molecule has 6 heteroatoms. The molecule has 0 aliphatic heterocycles. The van der Waals surface area contributed by atoms with Gasteiger partial charge in [0.2, 0.25) is 0 Å². The van der Waals surface area contributed by atoms with Crippen LogP contribution in [0.5, 0.6) is 0 Å². The first-order chi connectivity index (χ1) is 10.0. The first kappa shape index (κ1) is 16.0. The standard InChI is InChI=1S/C15H12Cl2O3S/c1-21(19)14-8-3-2-5-10(14)15(18)20-9-11-12(16)6-4-7-13(11)17/h2-8H,9H2,1H3/t21-/m0/s1. The molecular formula is C15H12Cl2O3S. The maximum atomic E-state index is 12.1. The van der Waals surface area contributed by atoms with Crippen molar-refractivity contribution >= 4 is 40.0 Å². The van der Waals surface area contributed by atoms with E-state index in [1.807, 2.05) is 0 Å². The van der Waals surface area contributed by atoms with Crippen LogP contribution in [0.3, 0.4) is 0 Å². The van der Waals surface area contributed by atoms with E-state index in [4.69, 9.17) is 27.9 Å². The molecule has 0 aromatic heterocycles. The Kier molecular flexibility index (Phi) is 5.39. The van der Waals surface area contributed by atoms with Crippen LogP contribution in [0.15, 0.2) is 47.4 Å². The molecule has 0 saturated carbocycles. The van der Waals surface area contributed by atoms with E-state index in [-0.39, 0.29) is 12.2 Å². The van der Waals surface area contributed by atoms with Crippen LogP contribution < -0.4 is 0 Å². The highest BCUT2D eigenvalue weighted by Crippen LogP contribution is 2.25. The Balaban J connectivity index is 2.18. The van der Waals surface area contributed by atoms with Gasteiger partial charge in [-0.25, -0.2) is 4.79 Å². The highest BCUT2D eigenvalue weighted by molar-refractivity contribution is 7.84. The number of hydrogen-bond donors (Lipinski definition) is 0. The van der Waals surface area contributed by atoms with Crippen molar-refractivity contribution < 1.29 is 13.7 Å². The Hall–Kier alpha value is -1.36. The summed E-state index contributed by atoms with van der Waals surface area (Å²) in [5.74, 6) is -0.559. The molecule has 0 radical (unpaired) electrons. The van der Waals surface area contributed by atoms with Gasteiger partial charge in [-0.3, -0.25) is 4.21 Å². The second kappa shape index (κ2) is 7.07. The van der Waals surface area contributed by atoms with Gasteiger partial charge in [-0.15, -0.1) is 0 Å². The van der Waals surface area contributed by atoms with E-state index in [2.05, 4.69) is 0 Å². The maximum absolute atomic E-state index is 12.1. The molecule has 0 unspecified atom stereocenters. The molecule has 0 amide bonds. The Morgan fingerprint density at radius 3 is 2.33 bits per heavy atom. The molecule has 0 aliphatic rings. The normalized spacial score (nSPS) is 12.0. The molecule has 0 bridgehead atoms. The van der Waals surface area contributed by atoms with Crippen LogP contribution in [-0.2, 0) is 22.1 Å². The minimum Gasteiger partial charge on any atom is -0.457 e. The summed E-state index contributed by atoms with van der Waals surface area (Å²) in [5.41, 5.74) is 0.825. The van der Waals surface area contributed by atoms with Gasteiger partial charge < -0.3 is 4.74 Å². The van der Waals surface area contributed by atoms with Crippen molar-refractivity contribution in [2.75, 3.05) is 6.26 Å². The fraction of sp³-hybridized carbons (Fsp3) is 0.133. The van der Waals surface area contributed by atoms with Gasteiger partial charge in [-0.1, -0.05) is 41.4 Å². The van der Waals surface area contributed by atoms with Crippen molar-refractivity contribution in [1.82, 2.24) is 0 Å². The quantitative estimate of drug-likeness (QED) is 0.786. The highest BCUT2D eigenvalue weighted by atomic mass is 35.5. The van der Waals surface area contributed by atoms with Crippen molar-refractivity contribution in [3.05, 3.63) is 63.6 Å². The van der Waals surface area contributed by atoms with E-state index >= 15 is 0 Å². The van der Waals surface area contributed by atoms with Crippen LogP contribution in [0.4, 0.5) is 0 Å². The summed E-state index contributed by atoms with van der Waals surface area (Å²) in [5, 5.41) is 0.866. The zero-order chi connectivity index (χ0) is 15.4. The molecule has 0 aliphatic carbocycles. The topological polar surface area (TPSA) is 43.4 Å². The molecule has 0 heterocycles. The molecule has 3 nitrogen and oxygen atoms in total. The predicted molar refractivity (Wildman–Crippen MR) is 84.4 cm³/mol. The summed E-state index contributed by atoms with van der Waals surface area (Å²) >= 11 is 12.0. The first-order valence-electron chi connectivity index (χ1n) is 6.03. The average Bonchev–Trinajstić information content (AvgIpc) is 2.46. The Morgan fingerprint density at radius 2 is 1.71 bits per heavy atom. The Bertz CT molecular complexity index is 681. The summed E-state index contributed by atoms with van der Waals surface area (Å²) in [7, 11) is -1.27. The molecule has 2 rings (SSSR count). The number of benzene rings is 2. The molecular weight excluding hydrogens is 331 g/mol. The minimum absolute atomic E-state index is 0.0397. The lowest BCUT2D eigenvalue weighted by atomic mass is 10.2. The number of rotatable bonds is 4. The van der Waals surface area contributed by atoms with E-state index in [1.54, 1.807) is 42.5 Å². The molecule has 1 atom stereocenters. The van der Waals surface area contributed by atoms with Crippen LogP contribution in [0.1, 0.15) is 15.9 Å². The summed E-state index contributed by atoms with van der Waals surface area (Å²) in [6.45, 7) is -0.0397. The largest absolute Gasteiger partial charge is 0.457 e. The molecule has 2 aromatic carbocycles. The third-order valence-corrected chi connectivity index (χ3v) is 4.51. The smallest absolute Gasteiger partial charge is 0.339 e. The third-order valence-electron chi connectivity index (χ3n) is 2.83. The van der Waals surface area contributed by atoms with Gasteiger partial charge in [0, 0.05) is 21.9 Å². The Labute approximate surface area is 135 Å². The van der Waals surface area contributed by atoms with Gasteiger partial charge in [0.15, 0.2) is 0 Å². The average molecular weight is 343 g/mol. The summed E-state index contributed by atoms with van der Waals surface area (Å²) in [6.07, 6.45) is 1.51. The zero-order valence-electron chi connectivity index (χ0n) is 11.1. The molecule has 110 valence electrons. The summed E-state index contributed by atoms with van der Waals surface area (Å²) < 4.78 is 16.8. The van der Waals surface area contributed by atoms with Crippen LogP contribution in [0, 0.1) is 0 Å². The van der Waals surface area contributed by atoms with E-state index in [0.29, 0.717) is 20.5 Å². The van der Waals surface area contributed by atoms with E-state index in [9.17, 15) is 9.00 Å². The SMILES string of the molecule is C[S@](=O)c1ccccc1C(=O)OCc1c(Cl)cccc1Cl. The van der Waals surface area contributed by atoms with Gasteiger partial charge in [0.25, 0.3) is 0 Å². The molecule has 0 fully saturated rings. The van der Waals surface area contributed by atoms with Gasteiger partial charge >= 0.3 is 5.97 Å². The number of halogens is 2. The highest BCUT2D eigenvalue weighted by Gasteiger charge is 2.16. The number of hydrogen-bond acceptors (Lipinski definition) is 3. The van der Waals surface area contributed by atoms with Crippen LogP contribution in [0.25, 0.3) is 0 Å². The predicted octanol–water partition coefficient (Wildman–Crippen LogP) is 4.09. The van der Waals surface area contributed by atoms with Gasteiger partial charge in [0.1, 0.15) is 6.61 Å². The van der Waals surface area contributed by atoms with Crippen molar-refractivity contribution in [2.24, 2.45) is 0 Å². The van der Waals surface area contributed by atoms with E-state index in [0.717, 1.165) is 0 Å². The lowest BCUT2D eigenvalue weighted by Gasteiger charge is -2.10. The molecule has 2 aromatic rings. The molecule has 0 saturated heterocycles. The second-order valence-corrected chi connectivity index (χ2v) is 6.39. The van der Waals surface area contributed by atoms with Crippen molar-refractivity contribution in [3.8, 4) is 0 Å². The van der Waals surface area contributed by atoms with Crippen LogP contribution >= 0.6 is 23.2 Å². The molecule has 0 spiro atoms. The first-order valence-corrected chi connectivity index (χ1v) is 8.34. The van der Waals surface area contributed by atoms with E-state index < -0.39 is 16.8 Å². The monoisotopic (exact) mass is 342 g/mol. The summed E-state index contributed by atoms with van der Waals surface area (Å²) in [6, 6.07) is 11.7. The van der Waals surface area contributed by atoms with Gasteiger partial charge in [0.05, 0.1) is 21.3 Å². The second-order valence-electron chi connectivity index (χ2n) is 4.23. The Morgan fingerprint density at radius 1 is 1.10 bits per heavy atom. The third kappa shape index (κ3) is 3.84. The number of carbonyl (C=O) groups excluding carboxylic acids is 1. The van der Waals surface area contributed by atoms with Crippen LogP contribution in [-0.4, -0.2) is 16.4 Å². The zero-order valence-corrected chi connectivity index (χ0v) is 13.5. The minimum atomic E-state index is -1.27. The van der Waals surface area contributed by atoms with E-state index in [1.165, 1.54) is 6.26 Å². The molecule has 21 heavy (non-hydrogen) atoms. The van der Waals surface area contributed by atoms with Crippen LogP contribution in [0.2, 0.25) is 10.0 Å². The number of esters is 1. The summed E-state index contributed by atoms with van der Waals surface area (Å²) in [4.78, 5) is 12.6. The molecule has 0 N–H and O–H groups in total. The fourth-order valence-electron chi connectivity index (χ4n) is 1.77. The maximum Gasteiger partial charge on any atom is 0.339 e. The van der Waals surface area contributed by atoms with Crippen molar-refractivity contribution in [3.63, 3.8) is 0 Å². The number of ether oxygens (including phenoxy) is 1. The lowest BCUT2D eigenvalue weighted by molar-refractivity contribution is 0.0468. The van der Waals surface area contributed by atoms with Gasteiger partial charge in [-0.05, 0) is 24.3 Å². The lowest BCUT2D eigenvalue weighted by Crippen LogP contribution is -2.09. The van der Waals surface area contributed by atoms with Crippen molar-refractivity contribution in [2.45, 2.75) is 11.5 Å².